The quantitative estimate of drug-likeness (QED) is 0.0340. The first-order chi connectivity index (χ1) is 29.1. The molecule has 0 rings (SSSR count). The van der Waals surface area contributed by atoms with Crippen LogP contribution >= 0.6 is 0 Å². The van der Waals surface area contributed by atoms with Gasteiger partial charge in [-0.3, -0.25) is 39.2 Å². The van der Waals surface area contributed by atoms with E-state index in [0.29, 0.717) is 38.8 Å². The van der Waals surface area contributed by atoms with E-state index in [1.54, 1.807) is 27.7 Å². The predicted octanol–water partition coefficient (Wildman–Crippen LogP) is 2.59. The topological polar surface area (TPSA) is 287 Å². The minimum Gasteiger partial charge on any atom is -0.370 e. The zero-order valence-electron chi connectivity index (χ0n) is 42.5. The van der Waals surface area contributed by atoms with Crippen molar-refractivity contribution in [1.82, 2.24) is 42.5 Å². The molecule has 4 amide bonds. The van der Waals surface area contributed by atoms with Crippen LogP contribution in [-0.2, 0) is 28.8 Å². The van der Waals surface area contributed by atoms with E-state index in [4.69, 9.17) is 16.9 Å². The fourth-order valence-corrected chi connectivity index (χ4v) is 6.54. The summed E-state index contributed by atoms with van der Waals surface area (Å²) in [4.78, 5) is 86.5. The molecule has 0 radical (unpaired) electrons. The summed E-state index contributed by atoms with van der Waals surface area (Å²) in [5.74, 6) is -3.18. The van der Waals surface area contributed by atoms with Crippen molar-refractivity contribution in [2.75, 3.05) is 26.2 Å². The maximum Gasteiger partial charge on any atom is 0.243 e. The van der Waals surface area contributed by atoms with Crippen molar-refractivity contribution < 1.29 is 28.8 Å². The molecule has 2 unspecified atom stereocenters. The average Bonchev–Trinajstić information content (AvgIpc) is 3.15. The number of nitrogens with one attached hydrogen (secondary N) is 9. The molecule has 0 fully saturated rings. The van der Waals surface area contributed by atoms with Gasteiger partial charge in [0.05, 0.1) is 24.7 Å². The minimum atomic E-state index is -1.19. The van der Waals surface area contributed by atoms with E-state index in [9.17, 15) is 28.8 Å². The Morgan fingerprint density at radius 3 is 1.44 bits per heavy atom. The number of guanidine groups is 2. The molecule has 0 bridgehead atoms. The third-order valence-corrected chi connectivity index (χ3v) is 10.5. The molecule has 7 atom stereocenters. The highest BCUT2D eigenvalue weighted by Gasteiger charge is 2.37. The van der Waals surface area contributed by atoms with Crippen molar-refractivity contribution in [2.45, 2.75) is 191 Å². The fourth-order valence-electron chi connectivity index (χ4n) is 6.54. The maximum atomic E-state index is 14.3. The highest BCUT2D eigenvalue weighted by atomic mass is 16.2. The summed E-state index contributed by atoms with van der Waals surface area (Å²) in [6.45, 7) is 32.5. The molecule has 0 aromatic carbocycles. The van der Waals surface area contributed by atoms with Gasteiger partial charge >= 0.3 is 0 Å². The molecular weight excluding hydrogens is 817 g/mol. The summed E-state index contributed by atoms with van der Waals surface area (Å²) < 4.78 is 0. The lowest BCUT2D eigenvalue weighted by Crippen LogP contribution is -2.60. The van der Waals surface area contributed by atoms with E-state index in [1.807, 2.05) is 90.0 Å². The second-order valence-corrected chi connectivity index (χ2v) is 21.7. The molecule has 13 N–H and O–H groups in total. The fraction of sp³-hybridized carbons (Fsp3) is 0.826. The Kier molecular flexibility index (Phi) is 24.8. The van der Waals surface area contributed by atoms with Gasteiger partial charge in [0, 0.05) is 47.5 Å². The molecule has 0 aliphatic heterocycles. The van der Waals surface area contributed by atoms with Crippen molar-refractivity contribution in [3.8, 4) is 0 Å². The number of hydrogen-bond acceptors (Lipinski definition) is 10. The molecule has 0 aromatic heterocycles. The first-order valence-electron chi connectivity index (χ1n) is 23.0. The number of hydrogen-bond donors (Lipinski definition) is 11. The van der Waals surface area contributed by atoms with Crippen LogP contribution in [0.25, 0.3) is 0 Å². The van der Waals surface area contributed by atoms with Gasteiger partial charge in [-0.2, -0.15) is 0 Å². The largest absolute Gasteiger partial charge is 0.370 e. The van der Waals surface area contributed by atoms with Gasteiger partial charge in [-0.1, -0.05) is 82.6 Å². The third kappa shape index (κ3) is 24.1. The van der Waals surface area contributed by atoms with E-state index >= 15 is 0 Å². The molecule has 18 heteroatoms. The number of Topliss-reactive ketones (excluding diaryl/α,β-unsaturated/α-hetero) is 2. The predicted molar refractivity (Wildman–Crippen MR) is 257 cm³/mol. The summed E-state index contributed by atoms with van der Waals surface area (Å²) in [7, 11) is 0. The zero-order valence-corrected chi connectivity index (χ0v) is 42.5. The summed E-state index contributed by atoms with van der Waals surface area (Å²) in [6.07, 6.45) is 2.05. The molecule has 370 valence electrons. The van der Waals surface area contributed by atoms with Crippen LogP contribution in [0.15, 0.2) is 4.99 Å². The second kappa shape index (κ2) is 26.6. The van der Waals surface area contributed by atoms with E-state index in [0.717, 1.165) is 0 Å². The minimum absolute atomic E-state index is 0.00790. The highest BCUT2D eigenvalue weighted by molar-refractivity contribution is 5.96. The Hall–Kier alpha value is -4.32. The molecule has 0 saturated carbocycles. The molecule has 0 spiro atoms. The second-order valence-electron chi connectivity index (χ2n) is 21.7. The number of nitrogens with zero attached hydrogens (tertiary/aromatic N) is 1. The number of carbonyl (C=O) groups excluding carboxylic acids is 6. The van der Waals surface area contributed by atoms with Crippen LogP contribution in [0, 0.1) is 34.0 Å². The van der Waals surface area contributed by atoms with Crippen LogP contribution in [0.5, 0.6) is 0 Å². The normalized spacial score (nSPS) is 16.0. The highest BCUT2D eigenvalue weighted by Crippen LogP contribution is 2.21. The SMILES string of the molecule is CCC(C)[C@@H](NC(=O)CNC(C)(C)C)C(=O)N[C@H](C(=O)N[C@@H](CCCNC(=N)N)C(=O)C(C)(C)C)C(C)C/N=C(\N)NCCC[C@H](NC(=O)[C@@H](NC(C)(C)C)C(C)C)C(=O)C(C)(C)C. The molecule has 0 heterocycles. The van der Waals surface area contributed by atoms with Crippen molar-refractivity contribution in [3.63, 3.8) is 0 Å². The van der Waals surface area contributed by atoms with Gasteiger partial charge in [0.25, 0.3) is 0 Å². The van der Waals surface area contributed by atoms with Crippen LogP contribution < -0.4 is 54.0 Å². The third-order valence-electron chi connectivity index (χ3n) is 10.5. The van der Waals surface area contributed by atoms with Crippen molar-refractivity contribution in [3.05, 3.63) is 0 Å². The Labute approximate surface area is 385 Å². The van der Waals surface area contributed by atoms with Gasteiger partial charge in [0.2, 0.25) is 23.6 Å². The first kappa shape index (κ1) is 59.7. The summed E-state index contributed by atoms with van der Waals surface area (Å²) >= 11 is 0. The molecule has 0 aliphatic carbocycles. The van der Waals surface area contributed by atoms with Crippen LogP contribution in [0.3, 0.4) is 0 Å². The monoisotopic (exact) mass is 907 g/mol. The van der Waals surface area contributed by atoms with Gasteiger partial charge in [-0.15, -0.1) is 0 Å². The summed E-state index contributed by atoms with van der Waals surface area (Å²) in [5.41, 5.74) is 9.60. The Bertz CT molecular complexity index is 1570. The lowest BCUT2D eigenvalue weighted by atomic mass is 9.84. The van der Waals surface area contributed by atoms with Crippen LogP contribution in [0.2, 0.25) is 0 Å². The number of rotatable bonds is 26. The summed E-state index contributed by atoms with van der Waals surface area (Å²) in [5, 5.41) is 31.3. The molecule has 0 aromatic rings. The van der Waals surface area contributed by atoms with Crippen molar-refractivity contribution >= 4 is 47.1 Å². The molecule has 64 heavy (non-hydrogen) atoms. The van der Waals surface area contributed by atoms with Crippen LogP contribution in [0.1, 0.15) is 150 Å². The van der Waals surface area contributed by atoms with Crippen LogP contribution in [-0.4, -0.2) is 115 Å². The molecule has 0 aliphatic rings. The molecule has 0 saturated heterocycles. The number of amides is 4. The van der Waals surface area contributed by atoms with Crippen molar-refractivity contribution in [1.29, 1.82) is 5.41 Å². The number of ketones is 2. The number of carbonyl (C=O) groups is 6. The van der Waals surface area contributed by atoms with E-state index in [1.165, 1.54) is 0 Å². The van der Waals surface area contributed by atoms with Crippen molar-refractivity contribution in [2.24, 2.45) is 45.0 Å². The Morgan fingerprint density at radius 1 is 0.594 bits per heavy atom. The smallest absolute Gasteiger partial charge is 0.243 e. The van der Waals surface area contributed by atoms with E-state index < -0.39 is 58.8 Å². The maximum absolute atomic E-state index is 14.3. The number of aliphatic imine (C=N–C) groups is 1. The Balaban J connectivity index is 6.43. The average molecular weight is 907 g/mol. The van der Waals surface area contributed by atoms with Gasteiger partial charge in [-0.25, -0.2) is 0 Å². The van der Waals surface area contributed by atoms with E-state index in [-0.39, 0.29) is 77.7 Å². The lowest BCUT2D eigenvalue weighted by molar-refractivity contribution is -0.136. The van der Waals surface area contributed by atoms with Gasteiger partial charge < -0.3 is 54.0 Å². The zero-order chi connectivity index (χ0) is 50.0. The Morgan fingerprint density at radius 2 is 1.03 bits per heavy atom. The van der Waals surface area contributed by atoms with E-state index in [2.05, 4.69) is 47.5 Å². The standard InChI is InChI=1S/C46H90N12O6/c1-18-28(4)34(56-32(59)26-53-45(12,13)14)40(64)57-35(39(63)55-31(37(61)44(9,10)11)21-19-23-50-41(47)48)29(5)25-52-42(49)51-24-20-22-30(36(60)43(6,7)8)54-38(62)33(27(2)3)58-46(15,16)17/h27-31,33-35,53,58H,18-26H2,1-17H3,(H,54,62)(H,55,63)(H,56,59)(H,57,64)(H4,47,48,50)(H3,49,51,52)/t28?,29?,30-,31-,33-,34+,35-/m0/s1. The number of nitrogens with two attached hydrogens (primary N) is 2. The van der Waals surface area contributed by atoms with Gasteiger partial charge in [0.15, 0.2) is 23.5 Å². The van der Waals surface area contributed by atoms with Gasteiger partial charge in [-0.05, 0) is 79.1 Å². The summed E-state index contributed by atoms with van der Waals surface area (Å²) in [6, 6.07) is -4.30. The molecular formula is C46H90N12O6. The van der Waals surface area contributed by atoms with Gasteiger partial charge in [0.1, 0.15) is 12.1 Å². The lowest BCUT2D eigenvalue weighted by Gasteiger charge is -2.32. The molecule has 18 nitrogen and oxygen atoms in total. The first-order valence-corrected chi connectivity index (χ1v) is 23.0. The van der Waals surface area contributed by atoms with Crippen LogP contribution in [0.4, 0.5) is 0 Å².